The third kappa shape index (κ3) is 2.43. The van der Waals surface area contributed by atoms with Gasteiger partial charge in [-0.25, -0.2) is 9.97 Å². The number of amides is 1. The van der Waals surface area contributed by atoms with Crippen LogP contribution in [0.15, 0.2) is 46.5 Å². The SMILES string of the molecule is O=C(c1nc(Cl)cs1)N1CCc2[nH]cnc2[C@H]1c1cc2ccccc2o1. The summed E-state index contributed by atoms with van der Waals surface area (Å²) in [6.07, 6.45) is 2.37. The topological polar surface area (TPSA) is 75.0 Å². The average molecular weight is 385 g/mol. The highest BCUT2D eigenvalue weighted by Gasteiger charge is 2.37. The van der Waals surface area contributed by atoms with Gasteiger partial charge in [0.15, 0.2) is 5.01 Å². The number of aromatic nitrogens is 3. The van der Waals surface area contributed by atoms with Gasteiger partial charge in [-0.3, -0.25) is 4.79 Å². The largest absolute Gasteiger partial charge is 0.458 e. The summed E-state index contributed by atoms with van der Waals surface area (Å²) in [5.41, 5.74) is 2.62. The summed E-state index contributed by atoms with van der Waals surface area (Å²) in [5.74, 6) is 0.524. The number of hydrogen-bond donors (Lipinski definition) is 1. The van der Waals surface area contributed by atoms with Crippen molar-refractivity contribution >= 4 is 39.8 Å². The zero-order chi connectivity index (χ0) is 17.7. The van der Waals surface area contributed by atoms with Crippen LogP contribution in [-0.4, -0.2) is 32.3 Å². The Morgan fingerprint density at radius 3 is 3.08 bits per heavy atom. The molecule has 0 unspecified atom stereocenters. The fraction of sp³-hybridized carbons (Fsp3) is 0.167. The Morgan fingerprint density at radius 2 is 2.27 bits per heavy atom. The lowest BCUT2D eigenvalue weighted by Gasteiger charge is -2.33. The fourth-order valence-electron chi connectivity index (χ4n) is 3.40. The van der Waals surface area contributed by atoms with Gasteiger partial charge in [-0.05, 0) is 12.1 Å². The first-order chi connectivity index (χ1) is 12.7. The summed E-state index contributed by atoms with van der Waals surface area (Å²) < 4.78 is 6.06. The van der Waals surface area contributed by atoms with E-state index in [2.05, 4.69) is 15.0 Å². The minimum absolute atomic E-state index is 0.166. The van der Waals surface area contributed by atoms with E-state index in [4.69, 9.17) is 16.0 Å². The molecule has 3 aromatic heterocycles. The normalized spacial score (nSPS) is 16.8. The zero-order valence-electron chi connectivity index (χ0n) is 13.5. The molecule has 4 heterocycles. The van der Waals surface area contributed by atoms with Crippen molar-refractivity contribution in [2.24, 2.45) is 0 Å². The van der Waals surface area contributed by atoms with Crippen molar-refractivity contribution in [1.29, 1.82) is 0 Å². The molecule has 8 heteroatoms. The molecule has 1 N–H and O–H groups in total. The highest BCUT2D eigenvalue weighted by atomic mass is 35.5. The Kier molecular flexibility index (Phi) is 3.58. The molecule has 0 radical (unpaired) electrons. The number of nitrogens with one attached hydrogen (secondary N) is 1. The minimum atomic E-state index is -0.396. The van der Waals surface area contributed by atoms with E-state index >= 15 is 0 Å². The molecule has 0 saturated heterocycles. The average Bonchev–Trinajstić information content (AvgIpc) is 3.38. The van der Waals surface area contributed by atoms with Crippen molar-refractivity contribution in [3.8, 4) is 0 Å². The van der Waals surface area contributed by atoms with Crippen LogP contribution in [0.5, 0.6) is 0 Å². The van der Waals surface area contributed by atoms with Gasteiger partial charge in [-0.15, -0.1) is 11.3 Å². The molecule has 1 atom stereocenters. The number of hydrogen-bond acceptors (Lipinski definition) is 5. The van der Waals surface area contributed by atoms with E-state index in [1.807, 2.05) is 30.3 Å². The number of benzene rings is 1. The molecule has 1 aromatic carbocycles. The van der Waals surface area contributed by atoms with E-state index in [1.54, 1.807) is 16.6 Å². The molecule has 6 nitrogen and oxygen atoms in total. The molecule has 0 saturated carbocycles. The van der Waals surface area contributed by atoms with Gasteiger partial charge in [0.05, 0.1) is 12.0 Å². The molecule has 0 aliphatic carbocycles. The number of furan rings is 1. The fourth-order valence-corrected chi connectivity index (χ4v) is 4.29. The maximum absolute atomic E-state index is 13.1. The van der Waals surface area contributed by atoms with E-state index in [0.717, 1.165) is 22.4 Å². The third-order valence-electron chi connectivity index (χ3n) is 4.56. The Morgan fingerprint density at radius 1 is 1.38 bits per heavy atom. The van der Waals surface area contributed by atoms with E-state index in [1.165, 1.54) is 11.3 Å². The number of thiazole rings is 1. The van der Waals surface area contributed by atoms with E-state index in [9.17, 15) is 4.79 Å². The van der Waals surface area contributed by atoms with Crippen molar-refractivity contribution in [1.82, 2.24) is 19.9 Å². The molecule has 5 rings (SSSR count). The quantitative estimate of drug-likeness (QED) is 0.565. The van der Waals surface area contributed by atoms with Crippen molar-refractivity contribution in [2.75, 3.05) is 6.54 Å². The number of carbonyl (C=O) groups is 1. The zero-order valence-corrected chi connectivity index (χ0v) is 15.0. The maximum atomic E-state index is 13.1. The highest BCUT2D eigenvalue weighted by Crippen LogP contribution is 2.37. The Hall–Kier alpha value is -2.64. The number of imidazole rings is 1. The summed E-state index contributed by atoms with van der Waals surface area (Å²) in [4.78, 5) is 26.6. The predicted octanol–water partition coefficient (Wildman–Crippen LogP) is 4.05. The molecule has 1 aliphatic rings. The molecule has 4 aromatic rings. The van der Waals surface area contributed by atoms with Crippen LogP contribution in [0.25, 0.3) is 11.0 Å². The van der Waals surface area contributed by atoms with Crippen molar-refractivity contribution in [2.45, 2.75) is 12.5 Å². The molecular weight excluding hydrogens is 372 g/mol. The van der Waals surface area contributed by atoms with Crippen LogP contribution in [0, 0.1) is 0 Å². The Balaban J connectivity index is 1.63. The number of carbonyl (C=O) groups excluding carboxylic acids is 1. The maximum Gasteiger partial charge on any atom is 0.283 e. The number of aromatic amines is 1. The second-order valence-corrected chi connectivity index (χ2v) is 7.32. The van der Waals surface area contributed by atoms with Crippen LogP contribution in [0.1, 0.15) is 33.0 Å². The molecule has 26 heavy (non-hydrogen) atoms. The summed E-state index contributed by atoms with van der Waals surface area (Å²) in [7, 11) is 0. The smallest absolute Gasteiger partial charge is 0.283 e. The van der Waals surface area contributed by atoms with Gasteiger partial charge in [0.1, 0.15) is 22.5 Å². The van der Waals surface area contributed by atoms with E-state index < -0.39 is 6.04 Å². The van der Waals surface area contributed by atoms with E-state index in [0.29, 0.717) is 28.9 Å². The van der Waals surface area contributed by atoms with Gasteiger partial charge in [0.25, 0.3) is 5.91 Å². The van der Waals surface area contributed by atoms with Crippen LogP contribution in [0.4, 0.5) is 0 Å². The summed E-state index contributed by atoms with van der Waals surface area (Å²) in [6.45, 7) is 0.549. The van der Waals surface area contributed by atoms with Crippen molar-refractivity contribution in [3.63, 3.8) is 0 Å². The van der Waals surface area contributed by atoms with Gasteiger partial charge in [0, 0.05) is 29.4 Å². The summed E-state index contributed by atoms with van der Waals surface area (Å²) in [5, 5.41) is 3.36. The van der Waals surface area contributed by atoms with E-state index in [-0.39, 0.29) is 5.91 Å². The van der Waals surface area contributed by atoms with Crippen LogP contribution in [-0.2, 0) is 6.42 Å². The van der Waals surface area contributed by atoms with Crippen LogP contribution < -0.4 is 0 Å². The molecule has 0 bridgehead atoms. The summed E-state index contributed by atoms with van der Waals surface area (Å²) in [6, 6.07) is 9.37. The van der Waals surface area contributed by atoms with Crippen LogP contribution >= 0.6 is 22.9 Å². The number of rotatable bonds is 2. The molecule has 0 fully saturated rings. The van der Waals surface area contributed by atoms with Crippen LogP contribution in [0.2, 0.25) is 5.15 Å². The number of fused-ring (bicyclic) bond motifs is 2. The molecule has 130 valence electrons. The molecule has 1 aliphatic heterocycles. The summed E-state index contributed by atoms with van der Waals surface area (Å²) >= 11 is 7.15. The van der Waals surface area contributed by atoms with Crippen molar-refractivity contribution < 1.29 is 9.21 Å². The minimum Gasteiger partial charge on any atom is -0.458 e. The number of halogens is 1. The molecular formula is C18H13ClN4O2S. The first-order valence-corrected chi connectivity index (χ1v) is 9.39. The second kappa shape index (κ2) is 5.96. The Bertz CT molecular complexity index is 1080. The second-order valence-electron chi connectivity index (χ2n) is 6.08. The highest BCUT2D eigenvalue weighted by molar-refractivity contribution is 7.12. The predicted molar refractivity (Wildman–Crippen MR) is 98.5 cm³/mol. The first kappa shape index (κ1) is 15.6. The number of nitrogens with zero attached hydrogens (tertiary/aromatic N) is 3. The third-order valence-corrected chi connectivity index (χ3v) is 5.71. The first-order valence-electron chi connectivity index (χ1n) is 8.13. The lowest BCUT2D eigenvalue weighted by atomic mass is 10.00. The van der Waals surface area contributed by atoms with Gasteiger partial charge < -0.3 is 14.3 Å². The lowest BCUT2D eigenvalue weighted by Crippen LogP contribution is -2.40. The molecule has 0 spiro atoms. The van der Waals surface area contributed by atoms with Crippen LogP contribution in [0.3, 0.4) is 0 Å². The standard InChI is InChI=1S/C18H13ClN4O2S/c19-14-8-26-17(22-14)18(24)23-6-5-11-15(21-9-20-11)16(23)13-7-10-3-1-2-4-12(10)25-13/h1-4,7-9,16H,5-6H2,(H,20,21)/t16-/m1/s1. The molecule has 1 amide bonds. The van der Waals surface area contributed by atoms with Gasteiger partial charge in [0.2, 0.25) is 0 Å². The van der Waals surface area contributed by atoms with Gasteiger partial charge >= 0.3 is 0 Å². The van der Waals surface area contributed by atoms with Gasteiger partial charge in [-0.2, -0.15) is 0 Å². The number of H-pyrrole nitrogens is 1. The van der Waals surface area contributed by atoms with Crippen molar-refractivity contribution in [3.05, 3.63) is 69.3 Å². The van der Waals surface area contributed by atoms with Gasteiger partial charge in [-0.1, -0.05) is 29.8 Å². The number of para-hydroxylation sites is 1. The lowest BCUT2D eigenvalue weighted by molar-refractivity contribution is 0.0672. The monoisotopic (exact) mass is 384 g/mol. The Labute approximate surface area is 157 Å².